The third kappa shape index (κ3) is 2.73. The van der Waals surface area contributed by atoms with E-state index in [1.807, 2.05) is 5.38 Å². The van der Waals surface area contributed by atoms with Crippen LogP contribution in [0.4, 0.5) is 11.4 Å². The Balaban J connectivity index is 2.19. The Morgan fingerprint density at radius 3 is 2.94 bits per heavy atom. The van der Waals surface area contributed by atoms with Crippen LogP contribution < -0.4 is 16.8 Å². The summed E-state index contributed by atoms with van der Waals surface area (Å²) in [6, 6.07) is 4.95. The topological polar surface area (TPSA) is 94.0 Å². The summed E-state index contributed by atoms with van der Waals surface area (Å²) in [5.74, 6) is -0.480. The summed E-state index contributed by atoms with van der Waals surface area (Å²) in [6.07, 6.45) is 1.73. The lowest BCUT2D eigenvalue weighted by molar-refractivity contribution is 0.100. The molecule has 0 aliphatic rings. The smallest absolute Gasteiger partial charge is 0.250 e. The van der Waals surface area contributed by atoms with E-state index in [0.717, 1.165) is 5.01 Å². The van der Waals surface area contributed by atoms with E-state index in [2.05, 4.69) is 10.3 Å². The molecule has 1 amide bonds. The number of aromatic nitrogens is 1. The number of benzene rings is 1. The molecule has 0 aliphatic carbocycles. The molecular weight excluding hydrogens is 236 g/mol. The lowest BCUT2D eigenvalue weighted by atomic mass is 10.1. The second kappa shape index (κ2) is 4.84. The highest BCUT2D eigenvalue weighted by Crippen LogP contribution is 2.20. The average molecular weight is 248 g/mol. The summed E-state index contributed by atoms with van der Waals surface area (Å²) < 4.78 is 0. The molecule has 17 heavy (non-hydrogen) atoms. The Morgan fingerprint density at radius 1 is 1.47 bits per heavy atom. The number of nitrogen functional groups attached to an aromatic ring is 1. The number of carbonyl (C=O) groups excluding carboxylic acids is 1. The standard InChI is InChI=1S/C11H12N4OS/c12-7-1-2-8(11(13)16)9(5-7)15-6-10-14-3-4-17-10/h1-5,15H,6,12H2,(H2,13,16). The molecule has 1 aromatic carbocycles. The minimum atomic E-state index is -0.480. The van der Waals surface area contributed by atoms with Gasteiger partial charge in [-0.25, -0.2) is 4.98 Å². The van der Waals surface area contributed by atoms with Crippen molar-refractivity contribution in [1.29, 1.82) is 0 Å². The summed E-state index contributed by atoms with van der Waals surface area (Å²) in [5, 5.41) is 5.93. The van der Waals surface area contributed by atoms with Crippen LogP contribution in [0.5, 0.6) is 0 Å². The first kappa shape index (κ1) is 11.4. The van der Waals surface area contributed by atoms with Gasteiger partial charge >= 0.3 is 0 Å². The van der Waals surface area contributed by atoms with E-state index in [4.69, 9.17) is 11.5 Å². The minimum absolute atomic E-state index is 0.427. The van der Waals surface area contributed by atoms with E-state index in [-0.39, 0.29) is 0 Å². The van der Waals surface area contributed by atoms with Crippen LogP contribution >= 0.6 is 11.3 Å². The maximum atomic E-state index is 11.2. The summed E-state index contributed by atoms with van der Waals surface area (Å²) in [5.41, 5.74) is 12.6. The van der Waals surface area contributed by atoms with Gasteiger partial charge in [-0.2, -0.15) is 0 Å². The third-order valence-corrected chi connectivity index (χ3v) is 3.00. The van der Waals surface area contributed by atoms with Crippen molar-refractivity contribution in [3.05, 3.63) is 40.3 Å². The van der Waals surface area contributed by atoms with Crippen molar-refractivity contribution in [2.24, 2.45) is 5.73 Å². The molecule has 0 spiro atoms. The van der Waals surface area contributed by atoms with Crippen LogP contribution in [0.2, 0.25) is 0 Å². The van der Waals surface area contributed by atoms with Gasteiger partial charge in [0.1, 0.15) is 5.01 Å². The van der Waals surface area contributed by atoms with E-state index in [1.54, 1.807) is 24.4 Å². The average Bonchev–Trinajstić information content (AvgIpc) is 2.78. The van der Waals surface area contributed by atoms with Crippen molar-refractivity contribution in [3.8, 4) is 0 Å². The SMILES string of the molecule is NC(=O)c1ccc(N)cc1NCc1nccs1. The molecule has 1 aromatic heterocycles. The van der Waals surface area contributed by atoms with Crippen LogP contribution in [-0.2, 0) is 6.54 Å². The number of nitrogens with one attached hydrogen (secondary N) is 1. The summed E-state index contributed by atoms with van der Waals surface area (Å²) in [4.78, 5) is 15.4. The molecule has 2 aromatic rings. The van der Waals surface area contributed by atoms with Gasteiger partial charge in [0.15, 0.2) is 0 Å². The number of anilines is 2. The van der Waals surface area contributed by atoms with Gasteiger partial charge in [-0.3, -0.25) is 4.79 Å². The molecule has 5 nitrogen and oxygen atoms in total. The van der Waals surface area contributed by atoms with E-state index >= 15 is 0 Å². The van der Waals surface area contributed by atoms with Crippen molar-refractivity contribution in [3.63, 3.8) is 0 Å². The van der Waals surface area contributed by atoms with Crippen molar-refractivity contribution >= 4 is 28.6 Å². The predicted octanol–water partition coefficient (Wildman–Crippen LogP) is 1.44. The zero-order valence-electron chi connectivity index (χ0n) is 9.01. The quantitative estimate of drug-likeness (QED) is 0.713. The Labute approximate surface area is 102 Å². The fourth-order valence-electron chi connectivity index (χ4n) is 1.43. The van der Waals surface area contributed by atoms with Gasteiger partial charge < -0.3 is 16.8 Å². The summed E-state index contributed by atoms with van der Waals surface area (Å²) in [7, 11) is 0. The van der Waals surface area contributed by atoms with Crippen LogP contribution in [0.25, 0.3) is 0 Å². The van der Waals surface area contributed by atoms with Gasteiger partial charge in [-0.15, -0.1) is 11.3 Å². The second-order valence-electron chi connectivity index (χ2n) is 3.45. The van der Waals surface area contributed by atoms with Crippen molar-refractivity contribution in [2.75, 3.05) is 11.1 Å². The molecular formula is C11H12N4OS. The molecule has 0 atom stereocenters. The van der Waals surface area contributed by atoms with Gasteiger partial charge in [-0.1, -0.05) is 0 Å². The molecule has 0 aliphatic heterocycles. The van der Waals surface area contributed by atoms with E-state index < -0.39 is 5.91 Å². The molecule has 0 bridgehead atoms. The summed E-state index contributed by atoms with van der Waals surface area (Å²) in [6.45, 7) is 0.543. The predicted molar refractivity (Wildman–Crippen MR) is 68.8 cm³/mol. The first-order chi connectivity index (χ1) is 8.16. The van der Waals surface area contributed by atoms with Crippen molar-refractivity contribution < 1.29 is 4.79 Å². The molecule has 0 unspecified atom stereocenters. The Hall–Kier alpha value is -2.08. The highest BCUT2D eigenvalue weighted by molar-refractivity contribution is 7.09. The molecule has 1 heterocycles. The normalized spacial score (nSPS) is 10.1. The van der Waals surface area contributed by atoms with Crippen LogP contribution in [-0.4, -0.2) is 10.9 Å². The third-order valence-electron chi connectivity index (χ3n) is 2.22. The van der Waals surface area contributed by atoms with Gasteiger partial charge in [-0.05, 0) is 18.2 Å². The van der Waals surface area contributed by atoms with E-state index in [0.29, 0.717) is 23.5 Å². The molecule has 2 rings (SSSR count). The fraction of sp³-hybridized carbons (Fsp3) is 0.0909. The number of primary amides is 1. The number of amides is 1. The monoisotopic (exact) mass is 248 g/mol. The minimum Gasteiger partial charge on any atom is -0.399 e. The Kier molecular flexibility index (Phi) is 3.24. The van der Waals surface area contributed by atoms with Crippen LogP contribution in [0.15, 0.2) is 29.8 Å². The van der Waals surface area contributed by atoms with Crippen molar-refractivity contribution in [2.45, 2.75) is 6.54 Å². The number of rotatable bonds is 4. The Morgan fingerprint density at radius 2 is 2.29 bits per heavy atom. The fourth-order valence-corrected chi connectivity index (χ4v) is 1.99. The number of nitrogens with zero attached hydrogens (tertiary/aromatic N) is 1. The first-order valence-corrected chi connectivity index (χ1v) is 5.86. The second-order valence-corrected chi connectivity index (χ2v) is 4.43. The highest BCUT2D eigenvalue weighted by atomic mass is 32.1. The molecule has 0 saturated heterocycles. The molecule has 5 N–H and O–H groups in total. The summed E-state index contributed by atoms with van der Waals surface area (Å²) >= 11 is 1.54. The zero-order chi connectivity index (χ0) is 12.3. The molecule has 0 radical (unpaired) electrons. The number of nitrogens with two attached hydrogens (primary N) is 2. The van der Waals surface area contributed by atoms with Crippen LogP contribution in [0, 0.1) is 0 Å². The number of carbonyl (C=O) groups is 1. The molecule has 88 valence electrons. The van der Waals surface area contributed by atoms with Gasteiger partial charge in [0.2, 0.25) is 0 Å². The van der Waals surface area contributed by atoms with Crippen LogP contribution in [0.1, 0.15) is 15.4 Å². The van der Waals surface area contributed by atoms with Gasteiger partial charge in [0.25, 0.3) is 5.91 Å². The number of hydrogen-bond donors (Lipinski definition) is 3. The number of thiazole rings is 1. The maximum absolute atomic E-state index is 11.2. The van der Waals surface area contributed by atoms with E-state index in [1.165, 1.54) is 11.3 Å². The van der Waals surface area contributed by atoms with Gasteiger partial charge in [0.05, 0.1) is 12.1 Å². The van der Waals surface area contributed by atoms with Crippen molar-refractivity contribution in [1.82, 2.24) is 4.98 Å². The van der Waals surface area contributed by atoms with E-state index in [9.17, 15) is 4.79 Å². The number of hydrogen-bond acceptors (Lipinski definition) is 5. The lowest BCUT2D eigenvalue weighted by Gasteiger charge is -2.09. The highest BCUT2D eigenvalue weighted by Gasteiger charge is 2.08. The largest absolute Gasteiger partial charge is 0.399 e. The molecule has 0 fully saturated rings. The molecule has 0 saturated carbocycles. The maximum Gasteiger partial charge on any atom is 0.250 e. The zero-order valence-corrected chi connectivity index (χ0v) is 9.83. The lowest BCUT2D eigenvalue weighted by Crippen LogP contribution is -2.14. The Bertz CT molecular complexity index is 524. The molecule has 6 heteroatoms. The van der Waals surface area contributed by atoms with Gasteiger partial charge in [0, 0.05) is 23.0 Å². The first-order valence-electron chi connectivity index (χ1n) is 4.98. The van der Waals surface area contributed by atoms with Crippen LogP contribution in [0.3, 0.4) is 0 Å².